The van der Waals surface area contributed by atoms with E-state index >= 15 is 0 Å². The molecule has 0 saturated heterocycles. The van der Waals surface area contributed by atoms with E-state index in [-0.39, 0.29) is 11.9 Å². The van der Waals surface area contributed by atoms with Crippen LogP contribution in [0.1, 0.15) is 17.2 Å². The third-order valence-electron chi connectivity index (χ3n) is 2.91. The van der Waals surface area contributed by atoms with Crippen molar-refractivity contribution in [2.75, 3.05) is 0 Å². The maximum Gasteiger partial charge on any atom is 0.128 e. The molecule has 1 unspecified atom stereocenters. The van der Waals surface area contributed by atoms with Gasteiger partial charge in [0.25, 0.3) is 0 Å². The molecule has 3 N–H and O–H groups in total. The Hall–Kier alpha value is -1.13. The second-order valence-corrected chi connectivity index (χ2v) is 5.01. The average Bonchev–Trinajstić information content (AvgIpc) is 2.41. The van der Waals surface area contributed by atoms with E-state index in [1.54, 1.807) is 30.3 Å². The minimum absolute atomic E-state index is 0.287. The Kier molecular flexibility index (Phi) is 4.77. The van der Waals surface area contributed by atoms with E-state index in [1.165, 1.54) is 6.07 Å². The van der Waals surface area contributed by atoms with Gasteiger partial charge in [0.1, 0.15) is 5.82 Å². The van der Waals surface area contributed by atoms with Crippen LogP contribution in [0.15, 0.2) is 42.5 Å². The van der Waals surface area contributed by atoms with Gasteiger partial charge >= 0.3 is 0 Å². The van der Waals surface area contributed by atoms with Gasteiger partial charge in [-0.2, -0.15) is 0 Å². The van der Waals surface area contributed by atoms with Crippen molar-refractivity contribution in [2.45, 2.75) is 12.5 Å². The third kappa shape index (κ3) is 3.45. The van der Waals surface area contributed by atoms with Gasteiger partial charge in [-0.1, -0.05) is 47.5 Å². The molecule has 0 radical (unpaired) electrons. The molecular weight excluding hydrogens is 286 g/mol. The topological polar surface area (TPSA) is 38.0 Å². The molecule has 2 aromatic rings. The first kappa shape index (κ1) is 14.3. The van der Waals surface area contributed by atoms with Crippen molar-refractivity contribution in [1.29, 1.82) is 0 Å². The normalized spacial score (nSPS) is 12.4. The van der Waals surface area contributed by atoms with Crippen molar-refractivity contribution < 1.29 is 4.39 Å². The molecule has 5 heteroatoms. The van der Waals surface area contributed by atoms with Gasteiger partial charge in [0.2, 0.25) is 0 Å². The van der Waals surface area contributed by atoms with E-state index in [0.717, 1.165) is 5.56 Å². The molecule has 0 aliphatic carbocycles. The van der Waals surface area contributed by atoms with Crippen LogP contribution in [-0.4, -0.2) is 0 Å². The zero-order valence-corrected chi connectivity index (χ0v) is 11.5. The summed E-state index contributed by atoms with van der Waals surface area (Å²) in [7, 11) is 0. The van der Waals surface area contributed by atoms with E-state index in [2.05, 4.69) is 5.43 Å². The number of rotatable bonds is 4. The fourth-order valence-corrected chi connectivity index (χ4v) is 2.24. The predicted octanol–water partition coefficient (Wildman–Crippen LogP) is 3.88. The van der Waals surface area contributed by atoms with Crippen molar-refractivity contribution in [2.24, 2.45) is 5.84 Å². The molecule has 0 aliphatic heterocycles. The smallest absolute Gasteiger partial charge is 0.128 e. The first-order valence-electron chi connectivity index (χ1n) is 5.76. The highest BCUT2D eigenvalue weighted by Crippen LogP contribution is 2.26. The molecule has 0 fully saturated rings. The van der Waals surface area contributed by atoms with Gasteiger partial charge in [0.15, 0.2) is 0 Å². The van der Waals surface area contributed by atoms with Crippen LogP contribution >= 0.6 is 23.2 Å². The summed E-state index contributed by atoms with van der Waals surface area (Å²) in [6.45, 7) is 0. The van der Waals surface area contributed by atoms with Crippen LogP contribution in [-0.2, 0) is 6.42 Å². The third-order valence-corrected chi connectivity index (χ3v) is 3.64. The van der Waals surface area contributed by atoms with Crippen LogP contribution in [0.4, 0.5) is 4.39 Å². The lowest BCUT2D eigenvalue weighted by Gasteiger charge is -2.17. The van der Waals surface area contributed by atoms with Gasteiger partial charge in [-0.3, -0.25) is 11.3 Å². The van der Waals surface area contributed by atoms with Crippen molar-refractivity contribution in [3.63, 3.8) is 0 Å². The predicted molar refractivity (Wildman–Crippen MR) is 76.6 cm³/mol. The molecule has 100 valence electrons. The molecule has 2 rings (SSSR count). The number of hydrogen-bond acceptors (Lipinski definition) is 2. The van der Waals surface area contributed by atoms with Crippen LogP contribution in [0.5, 0.6) is 0 Å². The minimum atomic E-state index is -0.321. The summed E-state index contributed by atoms with van der Waals surface area (Å²) in [5, 5.41) is 0.969. The lowest BCUT2D eigenvalue weighted by molar-refractivity contribution is 0.510. The molecule has 0 heterocycles. The van der Waals surface area contributed by atoms with Gasteiger partial charge in [0, 0.05) is 5.56 Å². The molecule has 19 heavy (non-hydrogen) atoms. The first-order chi connectivity index (χ1) is 9.11. The fraction of sp³-hybridized carbons (Fsp3) is 0.143. The number of halogens is 3. The molecule has 0 amide bonds. The summed E-state index contributed by atoms with van der Waals surface area (Å²) < 4.78 is 13.7. The summed E-state index contributed by atoms with van der Waals surface area (Å²) in [5.74, 6) is 5.23. The highest BCUT2D eigenvalue weighted by Gasteiger charge is 2.15. The molecule has 0 aromatic heterocycles. The van der Waals surface area contributed by atoms with Crippen LogP contribution in [0.2, 0.25) is 10.0 Å². The summed E-state index contributed by atoms with van der Waals surface area (Å²) in [6.07, 6.45) is 0.522. The maximum atomic E-state index is 13.7. The van der Waals surface area contributed by atoms with Gasteiger partial charge in [0.05, 0.1) is 16.1 Å². The summed E-state index contributed by atoms with van der Waals surface area (Å²) in [5.41, 5.74) is 4.08. The molecule has 0 spiro atoms. The lowest BCUT2D eigenvalue weighted by atomic mass is 9.99. The molecular formula is C14H13Cl2FN2. The van der Waals surface area contributed by atoms with Crippen LogP contribution in [0, 0.1) is 5.82 Å². The Bertz CT molecular complexity index is 575. The SMILES string of the molecule is NNC(Cc1ccc(Cl)c(Cl)c1)c1ccccc1F. The molecule has 0 bridgehead atoms. The van der Waals surface area contributed by atoms with Crippen molar-refractivity contribution in [3.05, 3.63) is 69.5 Å². The second kappa shape index (κ2) is 6.35. The Morgan fingerprint density at radius 3 is 2.47 bits per heavy atom. The first-order valence-corrected chi connectivity index (χ1v) is 6.52. The standard InChI is InChI=1S/C14H13Cl2FN2/c15-11-6-5-9(7-12(11)16)8-14(19-18)10-3-1-2-4-13(10)17/h1-7,14,19H,8,18H2. The largest absolute Gasteiger partial charge is 0.271 e. The Morgan fingerprint density at radius 2 is 1.84 bits per heavy atom. The highest BCUT2D eigenvalue weighted by molar-refractivity contribution is 6.42. The number of nitrogens with one attached hydrogen (secondary N) is 1. The van der Waals surface area contributed by atoms with Gasteiger partial charge in [-0.05, 0) is 30.2 Å². The molecule has 0 aliphatic rings. The van der Waals surface area contributed by atoms with E-state index in [4.69, 9.17) is 29.0 Å². The summed E-state index contributed by atoms with van der Waals surface area (Å²) in [6, 6.07) is 11.5. The summed E-state index contributed by atoms with van der Waals surface area (Å²) in [4.78, 5) is 0. The van der Waals surface area contributed by atoms with Crippen molar-refractivity contribution in [1.82, 2.24) is 5.43 Å². The zero-order chi connectivity index (χ0) is 13.8. The number of hydrogen-bond donors (Lipinski definition) is 2. The van der Waals surface area contributed by atoms with Crippen LogP contribution < -0.4 is 11.3 Å². The van der Waals surface area contributed by atoms with Gasteiger partial charge < -0.3 is 0 Å². The number of nitrogens with two attached hydrogens (primary N) is 1. The van der Waals surface area contributed by atoms with Gasteiger partial charge in [-0.25, -0.2) is 4.39 Å². The van der Waals surface area contributed by atoms with Crippen LogP contribution in [0.25, 0.3) is 0 Å². The van der Waals surface area contributed by atoms with Gasteiger partial charge in [-0.15, -0.1) is 0 Å². The number of hydrazine groups is 1. The van der Waals surface area contributed by atoms with E-state index in [9.17, 15) is 4.39 Å². The van der Waals surface area contributed by atoms with Crippen molar-refractivity contribution >= 4 is 23.2 Å². The number of benzene rings is 2. The van der Waals surface area contributed by atoms with Crippen molar-refractivity contribution in [3.8, 4) is 0 Å². The molecule has 2 nitrogen and oxygen atoms in total. The Balaban J connectivity index is 2.24. The monoisotopic (exact) mass is 298 g/mol. The molecule has 0 saturated carbocycles. The van der Waals surface area contributed by atoms with E-state index < -0.39 is 0 Å². The lowest BCUT2D eigenvalue weighted by Crippen LogP contribution is -2.30. The highest BCUT2D eigenvalue weighted by atomic mass is 35.5. The Labute approximate surface area is 121 Å². The summed E-state index contributed by atoms with van der Waals surface area (Å²) >= 11 is 11.8. The maximum absolute atomic E-state index is 13.7. The van der Waals surface area contributed by atoms with E-state index in [1.807, 2.05) is 6.07 Å². The molecule has 1 atom stereocenters. The molecule has 2 aromatic carbocycles. The minimum Gasteiger partial charge on any atom is -0.271 e. The average molecular weight is 299 g/mol. The fourth-order valence-electron chi connectivity index (χ4n) is 1.92. The van der Waals surface area contributed by atoms with E-state index in [0.29, 0.717) is 22.0 Å². The quantitative estimate of drug-likeness (QED) is 0.664. The van der Waals surface area contributed by atoms with Crippen LogP contribution in [0.3, 0.4) is 0 Å². The Morgan fingerprint density at radius 1 is 1.11 bits per heavy atom. The second-order valence-electron chi connectivity index (χ2n) is 4.19. The zero-order valence-electron chi connectivity index (χ0n) is 10.0.